The van der Waals surface area contributed by atoms with E-state index in [1.165, 1.54) is 0 Å². The number of amides is 1. The van der Waals surface area contributed by atoms with Crippen molar-refractivity contribution in [3.63, 3.8) is 0 Å². The van der Waals surface area contributed by atoms with E-state index in [0.717, 1.165) is 28.8 Å². The molecule has 0 radical (unpaired) electrons. The number of aromatic nitrogens is 3. The summed E-state index contributed by atoms with van der Waals surface area (Å²) in [5, 5.41) is 11.4. The number of aryl methyl sites for hydroxylation is 1. The molecule has 1 saturated heterocycles. The molecule has 0 bridgehead atoms. The van der Waals surface area contributed by atoms with E-state index < -0.39 is 0 Å². The number of carbonyl (C=O) groups excluding carboxylic acids is 1. The lowest BCUT2D eigenvalue weighted by Crippen LogP contribution is -2.35. The Morgan fingerprint density at radius 2 is 2.18 bits per heavy atom. The van der Waals surface area contributed by atoms with Crippen molar-refractivity contribution in [2.24, 2.45) is 5.92 Å². The molecule has 2 heterocycles. The minimum atomic E-state index is -0.181. The topological polar surface area (TPSA) is 93.1 Å². The van der Waals surface area contributed by atoms with Crippen LogP contribution in [0.4, 0.5) is 0 Å². The smallest absolute Gasteiger partial charge is 0.226 e. The molecule has 1 aliphatic rings. The molecule has 28 heavy (non-hydrogen) atoms. The van der Waals surface area contributed by atoms with E-state index in [1.54, 1.807) is 7.11 Å². The van der Waals surface area contributed by atoms with Gasteiger partial charge in [0.1, 0.15) is 11.3 Å². The largest absolute Gasteiger partial charge is 0.497 e. The average molecular weight is 380 g/mol. The molecule has 0 saturated carbocycles. The molecule has 2 unspecified atom stereocenters. The van der Waals surface area contributed by atoms with E-state index in [-0.39, 0.29) is 17.9 Å². The summed E-state index contributed by atoms with van der Waals surface area (Å²) >= 11 is 0. The molecule has 2 atom stereocenters. The maximum absolute atomic E-state index is 12.7. The second kappa shape index (κ2) is 8.37. The third-order valence-corrected chi connectivity index (χ3v) is 5.04. The Morgan fingerprint density at radius 1 is 1.29 bits per heavy atom. The Morgan fingerprint density at radius 3 is 3.07 bits per heavy atom. The maximum Gasteiger partial charge on any atom is 0.226 e. The quantitative estimate of drug-likeness (QED) is 0.537. The number of nitrogens with one attached hydrogen (secondary N) is 3. The average Bonchev–Trinajstić information content (AvgIpc) is 3.38. The second-order valence-corrected chi connectivity index (χ2v) is 6.83. The highest BCUT2D eigenvalue weighted by atomic mass is 16.5. The molecule has 8 heteroatoms. The zero-order valence-electron chi connectivity index (χ0n) is 15.8. The fraction of sp³-hybridized carbons (Fsp3) is 0.350. The van der Waals surface area contributed by atoms with Crippen molar-refractivity contribution in [2.45, 2.75) is 19.0 Å². The van der Waals surface area contributed by atoms with Gasteiger partial charge in [-0.2, -0.15) is 0 Å². The summed E-state index contributed by atoms with van der Waals surface area (Å²) in [7, 11) is 1.64. The van der Waals surface area contributed by atoms with Crippen molar-refractivity contribution in [1.29, 1.82) is 0 Å². The molecule has 4 rings (SSSR count). The molecular formula is C20H24N6O2. The highest BCUT2D eigenvalue weighted by Crippen LogP contribution is 2.27. The number of rotatable bonds is 7. The van der Waals surface area contributed by atoms with Crippen LogP contribution in [-0.2, 0) is 11.3 Å². The lowest BCUT2D eigenvalue weighted by atomic mass is 9.94. The first kappa shape index (κ1) is 18.4. The van der Waals surface area contributed by atoms with Crippen LogP contribution < -0.4 is 20.9 Å². The van der Waals surface area contributed by atoms with Crippen molar-refractivity contribution in [1.82, 2.24) is 31.2 Å². The minimum absolute atomic E-state index is 0.0359. The lowest BCUT2D eigenvalue weighted by Gasteiger charge is -2.19. The number of hydrazine groups is 1. The Balaban J connectivity index is 1.31. The predicted octanol–water partition coefficient (Wildman–Crippen LogP) is 1.41. The van der Waals surface area contributed by atoms with Crippen molar-refractivity contribution in [3.05, 3.63) is 54.1 Å². The summed E-state index contributed by atoms with van der Waals surface area (Å²) in [5.41, 5.74) is 9.22. The van der Waals surface area contributed by atoms with Gasteiger partial charge in [0, 0.05) is 19.6 Å². The van der Waals surface area contributed by atoms with Gasteiger partial charge in [0.25, 0.3) is 0 Å². The Bertz CT molecular complexity index is 957. The van der Waals surface area contributed by atoms with Gasteiger partial charge in [-0.05, 0) is 36.2 Å². The van der Waals surface area contributed by atoms with Gasteiger partial charge in [-0.3, -0.25) is 10.2 Å². The van der Waals surface area contributed by atoms with Gasteiger partial charge in [0.15, 0.2) is 0 Å². The Kier molecular flexibility index (Phi) is 5.50. The van der Waals surface area contributed by atoms with E-state index in [2.05, 4.69) is 26.5 Å². The first-order valence-corrected chi connectivity index (χ1v) is 9.44. The lowest BCUT2D eigenvalue weighted by molar-refractivity contribution is -0.124. The fourth-order valence-corrected chi connectivity index (χ4v) is 3.55. The summed E-state index contributed by atoms with van der Waals surface area (Å²) < 4.78 is 7.17. The summed E-state index contributed by atoms with van der Waals surface area (Å²) in [4.78, 5) is 12.7. The zero-order chi connectivity index (χ0) is 19.3. The molecule has 0 aliphatic carbocycles. The first-order valence-electron chi connectivity index (χ1n) is 9.44. The van der Waals surface area contributed by atoms with E-state index in [4.69, 9.17) is 4.74 Å². The molecule has 1 aromatic heterocycles. The number of nitrogens with zero attached hydrogens (tertiary/aromatic N) is 3. The number of para-hydroxylation sites is 1. The van der Waals surface area contributed by atoms with Crippen LogP contribution >= 0.6 is 0 Å². The van der Waals surface area contributed by atoms with Gasteiger partial charge in [-0.15, -0.1) is 5.10 Å². The highest BCUT2D eigenvalue weighted by Gasteiger charge is 2.33. The molecule has 1 aliphatic heterocycles. The Labute approximate surface area is 163 Å². The molecule has 0 spiro atoms. The van der Waals surface area contributed by atoms with Gasteiger partial charge in [0.2, 0.25) is 5.91 Å². The number of ether oxygens (including phenoxy) is 1. The van der Waals surface area contributed by atoms with E-state index in [0.29, 0.717) is 19.6 Å². The second-order valence-electron chi connectivity index (χ2n) is 6.83. The zero-order valence-corrected chi connectivity index (χ0v) is 15.8. The predicted molar refractivity (Wildman–Crippen MR) is 106 cm³/mol. The molecule has 3 aromatic rings. The van der Waals surface area contributed by atoms with Crippen LogP contribution in [0.25, 0.3) is 11.0 Å². The normalized spacial score (nSPS) is 19.0. The van der Waals surface area contributed by atoms with Gasteiger partial charge < -0.3 is 10.1 Å². The fourth-order valence-electron chi connectivity index (χ4n) is 3.55. The van der Waals surface area contributed by atoms with Crippen LogP contribution in [0.1, 0.15) is 18.0 Å². The molecule has 1 amide bonds. The van der Waals surface area contributed by atoms with E-state index in [9.17, 15) is 4.79 Å². The number of hydrogen-bond donors (Lipinski definition) is 3. The highest BCUT2D eigenvalue weighted by molar-refractivity contribution is 5.80. The van der Waals surface area contributed by atoms with Gasteiger partial charge in [-0.25, -0.2) is 10.1 Å². The van der Waals surface area contributed by atoms with E-state index in [1.807, 2.05) is 53.2 Å². The number of fused-ring (bicyclic) bond motifs is 1. The number of carbonyl (C=O) groups is 1. The molecule has 146 valence electrons. The maximum atomic E-state index is 12.7. The number of benzene rings is 2. The summed E-state index contributed by atoms with van der Waals surface area (Å²) in [5.74, 6) is 0.637. The third kappa shape index (κ3) is 3.83. The van der Waals surface area contributed by atoms with Crippen molar-refractivity contribution < 1.29 is 9.53 Å². The molecule has 3 N–H and O–H groups in total. The molecule has 1 fully saturated rings. The number of methoxy groups -OCH3 is 1. The summed E-state index contributed by atoms with van der Waals surface area (Å²) in [6, 6.07) is 15.6. The monoisotopic (exact) mass is 380 g/mol. The molecular weight excluding hydrogens is 356 g/mol. The van der Waals surface area contributed by atoms with Gasteiger partial charge in [-0.1, -0.05) is 29.5 Å². The molecule has 2 aromatic carbocycles. The third-order valence-electron chi connectivity index (χ3n) is 5.04. The minimum Gasteiger partial charge on any atom is -0.497 e. The summed E-state index contributed by atoms with van der Waals surface area (Å²) in [6.07, 6.45) is 0.788. The number of hydrogen-bond acceptors (Lipinski definition) is 6. The van der Waals surface area contributed by atoms with Crippen molar-refractivity contribution in [3.8, 4) is 5.75 Å². The SMILES string of the molecule is COc1cccc(C2NNCC2C(=O)NCCCn2nnc3ccccc32)c1. The van der Waals surface area contributed by atoms with Crippen LogP contribution in [0.3, 0.4) is 0 Å². The van der Waals surface area contributed by atoms with Crippen LogP contribution in [0.2, 0.25) is 0 Å². The van der Waals surface area contributed by atoms with Gasteiger partial charge in [0.05, 0.1) is 24.6 Å². The molecule has 8 nitrogen and oxygen atoms in total. The standard InChI is InChI=1S/C20H24N6O2/c1-28-15-7-4-6-14(12-15)19-16(13-22-24-19)20(27)21-10-5-11-26-18-9-3-2-8-17(18)23-25-26/h2-4,6-9,12,16,19,22,24H,5,10-11,13H2,1H3,(H,21,27). The van der Waals surface area contributed by atoms with Gasteiger partial charge >= 0.3 is 0 Å². The van der Waals surface area contributed by atoms with Crippen LogP contribution in [0.5, 0.6) is 5.75 Å². The van der Waals surface area contributed by atoms with Crippen LogP contribution in [0.15, 0.2) is 48.5 Å². The van der Waals surface area contributed by atoms with Crippen LogP contribution in [-0.4, -0.2) is 41.1 Å². The van der Waals surface area contributed by atoms with Crippen LogP contribution in [0, 0.1) is 5.92 Å². The summed E-state index contributed by atoms with van der Waals surface area (Å²) in [6.45, 7) is 1.89. The Hall–Kier alpha value is -2.97. The first-order chi connectivity index (χ1) is 13.8. The van der Waals surface area contributed by atoms with E-state index >= 15 is 0 Å². The van der Waals surface area contributed by atoms with Crippen molar-refractivity contribution >= 4 is 16.9 Å². The van der Waals surface area contributed by atoms with Crippen molar-refractivity contribution in [2.75, 3.05) is 20.2 Å².